The van der Waals surface area contributed by atoms with Crippen molar-refractivity contribution in [2.75, 3.05) is 12.4 Å². The van der Waals surface area contributed by atoms with Crippen LogP contribution in [0, 0.1) is 5.82 Å². The molecule has 0 radical (unpaired) electrons. The summed E-state index contributed by atoms with van der Waals surface area (Å²) < 4.78 is 47.2. The highest BCUT2D eigenvalue weighted by Crippen LogP contribution is 2.27. The first-order valence-electron chi connectivity index (χ1n) is 9.35. The highest BCUT2D eigenvalue weighted by atomic mass is 35.5. The van der Waals surface area contributed by atoms with E-state index in [2.05, 4.69) is 10.0 Å². The van der Waals surface area contributed by atoms with Gasteiger partial charge in [-0.3, -0.25) is 4.79 Å². The molecule has 0 aromatic heterocycles. The van der Waals surface area contributed by atoms with E-state index in [1.165, 1.54) is 37.4 Å². The highest BCUT2D eigenvalue weighted by Gasteiger charge is 2.28. The van der Waals surface area contributed by atoms with Gasteiger partial charge in [0.2, 0.25) is 15.9 Å². The van der Waals surface area contributed by atoms with Gasteiger partial charge in [0.15, 0.2) is 0 Å². The van der Waals surface area contributed by atoms with Gasteiger partial charge in [-0.15, -0.1) is 0 Å². The Morgan fingerprint density at radius 3 is 2.44 bits per heavy atom. The number of anilines is 1. The molecule has 6 nitrogen and oxygen atoms in total. The van der Waals surface area contributed by atoms with Gasteiger partial charge in [0.1, 0.15) is 22.5 Å². The molecule has 3 aromatic rings. The van der Waals surface area contributed by atoms with Crippen LogP contribution in [0.15, 0.2) is 71.6 Å². The number of ether oxygens (including phenoxy) is 1. The van der Waals surface area contributed by atoms with E-state index < -0.39 is 27.8 Å². The fraction of sp³-hybridized carbons (Fsp3) is 0.136. The molecule has 10 heteroatoms. The zero-order valence-electron chi connectivity index (χ0n) is 16.8. The van der Waals surface area contributed by atoms with Gasteiger partial charge in [-0.05, 0) is 48.4 Å². The summed E-state index contributed by atoms with van der Waals surface area (Å²) in [6.07, 6.45) is 0.0592. The fourth-order valence-corrected chi connectivity index (χ4v) is 4.76. The maximum Gasteiger partial charge on any atom is 0.245 e. The van der Waals surface area contributed by atoms with Crippen LogP contribution in [0.4, 0.5) is 10.1 Å². The van der Waals surface area contributed by atoms with Crippen molar-refractivity contribution in [3.8, 4) is 5.75 Å². The summed E-state index contributed by atoms with van der Waals surface area (Å²) in [5, 5.41) is 2.59. The van der Waals surface area contributed by atoms with Gasteiger partial charge in [0.05, 0.1) is 12.1 Å². The van der Waals surface area contributed by atoms with E-state index in [0.717, 1.165) is 11.6 Å². The molecule has 1 atom stereocenters. The first kappa shape index (κ1) is 24.0. The number of hydrogen-bond donors (Lipinski definition) is 2. The van der Waals surface area contributed by atoms with E-state index in [1.54, 1.807) is 30.3 Å². The van der Waals surface area contributed by atoms with Crippen molar-refractivity contribution >= 4 is 44.8 Å². The minimum Gasteiger partial charge on any atom is -0.495 e. The molecule has 0 spiro atoms. The molecule has 0 unspecified atom stereocenters. The Hall–Kier alpha value is -2.65. The monoisotopic (exact) mass is 496 g/mol. The second kappa shape index (κ2) is 10.3. The number of halogens is 3. The number of carbonyl (C=O) groups is 1. The quantitative estimate of drug-likeness (QED) is 0.474. The molecular weight excluding hydrogens is 478 g/mol. The molecule has 32 heavy (non-hydrogen) atoms. The lowest BCUT2D eigenvalue weighted by Gasteiger charge is -2.20. The van der Waals surface area contributed by atoms with Crippen LogP contribution in [0.2, 0.25) is 10.0 Å². The van der Waals surface area contributed by atoms with Gasteiger partial charge in [0, 0.05) is 10.7 Å². The molecule has 168 valence electrons. The number of amides is 1. The summed E-state index contributed by atoms with van der Waals surface area (Å²) in [4.78, 5) is 12.8. The van der Waals surface area contributed by atoms with Gasteiger partial charge >= 0.3 is 0 Å². The molecule has 0 aliphatic rings. The molecule has 0 heterocycles. The summed E-state index contributed by atoms with van der Waals surface area (Å²) in [6.45, 7) is 0. The van der Waals surface area contributed by atoms with Crippen LogP contribution in [0.3, 0.4) is 0 Å². The van der Waals surface area contributed by atoms with Gasteiger partial charge in [0.25, 0.3) is 0 Å². The zero-order chi connectivity index (χ0) is 23.3. The third-order valence-corrected chi connectivity index (χ3v) is 6.52. The van der Waals surface area contributed by atoms with Crippen LogP contribution < -0.4 is 14.8 Å². The lowest BCUT2D eigenvalue weighted by atomic mass is 10.1. The number of carbonyl (C=O) groups excluding carboxylic acids is 1. The maximum absolute atomic E-state index is 13.4. The average Bonchev–Trinajstić information content (AvgIpc) is 2.76. The third-order valence-electron chi connectivity index (χ3n) is 4.50. The maximum atomic E-state index is 13.4. The molecule has 0 fully saturated rings. The zero-order valence-corrected chi connectivity index (χ0v) is 19.1. The summed E-state index contributed by atoms with van der Waals surface area (Å²) >= 11 is 11.8. The first-order valence-corrected chi connectivity index (χ1v) is 11.6. The van der Waals surface area contributed by atoms with Crippen LogP contribution >= 0.6 is 23.2 Å². The van der Waals surface area contributed by atoms with E-state index in [-0.39, 0.29) is 32.8 Å². The Bertz CT molecular complexity index is 1220. The predicted octanol–water partition coefficient (Wildman–Crippen LogP) is 4.67. The van der Waals surface area contributed by atoms with Crippen molar-refractivity contribution in [1.82, 2.24) is 4.72 Å². The molecule has 3 rings (SSSR count). The lowest BCUT2D eigenvalue weighted by Crippen LogP contribution is -2.45. The molecular formula is C22H19Cl2FN2O4S. The van der Waals surface area contributed by atoms with Crippen LogP contribution in [0.1, 0.15) is 5.56 Å². The Balaban J connectivity index is 1.92. The lowest BCUT2D eigenvalue weighted by molar-refractivity contribution is -0.117. The van der Waals surface area contributed by atoms with Crippen LogP contribution in [-0.4, -0.2) is 27.5 Å². The van der Waals surface area contributed by atoms with Crippen molar-refractivity contribution < 1.29 is 22.3 Å². The first-order chi connectivity index (χ1) is 15.2. The van der Waals surface area contributed by atoms with E-state index in [9.17, 15) is 17.6 Å². The molecule has 1 amide bonds. The summed E-state index contributed by atoms with van der Waals surface area (Å²) in [5.74, 6) is -1.22. The van der Waals surface area contributed by atoms with E-state index in [1.807, 2.05) is 0 Å². The second-order valence-electron chi connectivity index (χ2n) is 6.78. The smallest absolute Gasteiger partial charge is 0.245 e. The molecule has 0 saturated heterocycles. The molecule has 3 aromatic carbocycles. The number of nitrogens with one attached hydrogen (secondary N) is 2. The molecule has 2 N–H and O–H groups in total. The van der Waals surface area contributed by atoms with Crippen molar-refractivity contribution in [2.45, 2.75) is 17.4 Å². The molecule has 0 bridgehead atoms. The van der Waals surface area contributed by atoms with Gasteiger partial charge in [-0.1, -0.05) is 53.5 Å². The summed E-state index contributed by atoms with van der Waals surface area (Å²) in [7, 11) is -2.88. The third kappa shape index (κ3) is 5.98. The van der Waals surface area contributed by atoms with Crippen molar-refractivity contribution in [2.24, 2.45) is 0 Å². The van der Waals surface area contributed by atoms with Gasteiger partial charge < -0.3 is 10.1 Å². The van der Waals surface area contributed by atoms with Crippen molar-refractivity contribution in [3.63, 3.8) is 0 Å². The highest BCUT2D eigenvalue weighted by molar-refractivity contribution is 7.89. The van der Waals surface area contributed by atoms with Crippen molar-refractivity contribution in [3.05, 3.63) is 88.2 Å². The van der Waals surface area contributed by atoms with Crippen LogP contribution in [0.5, 0.6) is 5.75 Å². The van der Waals surface area contributed by atoms with E-state index >= 15 is 0 Å². The van der Waals surface area contributed by atoms with E-state index in [0.29, 0.717) is 0 Å². The largest absolute Gasteiger partial charge is 0.495 e. The van der Waals surface area contributed by atoms with Crippen molar-refractivity contribution in [1.29, 1.82) is 0 Å². The minimum atomic E-state index is -4.20. The number of sulfonamides is 1. The topological polar surface area (TPSA) is 84.5 Å². The van der Waals surface area contributed by atoms with Crippen LogP contribution in [0.25, 0.3) is 0 Å². The summed E-state index contributed by atoms with van der Waals surface area (Å²) in [5.41, 5.74) is 0.949. The Labute approximate surface area is 195 Å². The van der Waals surface area contributed by atoms with E-state index in [4.69, 9.17) is 27.9 Å². The number of methoxy groups -OCH3 is 1. The standard InChI is InChI=1S/C22H19Cl2FN2O4S/c1-31-20-10-7-15(23)12-21(20)32(29,30)27-19(11-14-5-3-2-4-6-14)22(28)26-16-8-9-18(25)17(24)13-16/h2-10,12-13,19,27H,11H2,1H3,(H,26,28)/t19-/m1/s1. The predicted molar refractivity (Wildman–Crippen MR) is 122 cm³/mol. The fourth-order valence-electron chi connectivity index (χ4n) is 2.95. The normalized spacial score (nSPS) is 12.2. The SMILES string of the molecule is COc1ccc(Cl)cc1S(=O)(=O)N[C@H](Cc1ccccc1)C(=O)Nc1ccc(F)c(Cl)c1. The number of hydrogen-bond acceptors (Lipinski definition) is 4. The second-order valence-corrected chi connectivity index (χ2v) is 9.30. The molecule has 0 saturated carbocycles. The molecule has 0 aliphatic carbocycles. The average molecular weight is 497 g/mol. The Morgan fingerprint density at radius 2 is 1.78 bits per heavy atom. The summed E-state index contributed by atoms with van der Waals surface area (Å²) in [6, 6.07) is 15.5. The minimum absolute atomic E-state index is 0.0592. The number of benzene rings is 3. The number of rotatable bonds is 8. The molecule has 0 aliphatic heterocycles. The Kier molecular flexibility index (Phi) is 7.73. The van der Waals surface area contributed by atoms with Gasteiger partial charge in [-0.25, -0.2) is 12.8 Å². The van der Waals surface area contributed by atoms with Crippen LogP contribution in [-0.2, 0) is 21.2 Å². The Morgan fingerprint density at radius 1 is 1.06 bits per heavy atom. The van der Waals surface area contributed by atoms with Gasteiger partial charge in [-0.2, -0.15) is 4.72 Å².